The van der Waals surface area contributed by atoms with Crippen LogP contribution in [0.15, 0.2) is 45.9 Å². The maximum Gasteiger partial charge on any atom is 0.221 e. The summed E-state index contributed by atoms with van der Waals surface area (Å²) in [5.74, 6) is -0.533. The van der Waals surface area contributed by atoms with E-state index in [1.807, 2.05) is 6.92 Å². The predicted molar refractivity (Wildman–Crippen MR) is 102 cm³/mol. The first-order chi connectivity index (χ1) is 12.4. The fourth-order valence-electron chi connectivity index (χ4n) is 2.04. The monoisotopic (exact) mass is 395 g/mol. The molecule has 2 rings (SSSR count). The molecule has 0 unspecified atom stereocenters. The van der Waals surface area contributed by atoms with E-state index in [-0.39, 0.29) is 22.3 Å². The number of benzene rings is 1. The van der Waals surface area contributed by atoms with Crippen LogP contribution in [0.5, 0.6) is 0 Å². The zero-order valence-corrected chi connectivity index (χ0v) is 16.3. The van der Waals surface area contributed by atoms with Crippen molar-refractivity contribution in [2.24, 2.45) is 5.16 Å². The summed E-state index contributed by atoms with van der Waals surface area (Å²) in [6.07, 6.45) is 3.39. The van der Waals surface area contributed by atoms with Crippen molar-refractivity contribution in [2.75, 3.05) is 17.7 Å². The van der Waals surface area contributed by atoms with E-state index < -0.39 is 9.84 Å². The van der Waals surface area contributed by atoms with Crippen molar-refractivity contribution in [1.29, 1.82) is 0 Å². The van der Waals surface area contributed by atoms with Gasteiger partial charge in [-0.1, -0.05) is 18.5 Å². The molecule has 0 spiro atoms. The van der Waals surface area contributed by atoms with Crippen LogP contribution in [0.3, 0.4) is 0 Å². The number of nitrogens with one attached hydrogen (secondary N) is 1. The van der Waals surface area contributed by atoms with Gasteiger partial charge in [0, 0.05) is 24.2 Å². The molecule has 0 saturated carbocycles. The van der Waals surface area contributed by atoms with Gasteiger partial charge in [-0.15, -0.1) is 11.3 Å². The molecular weight excluding hydrogens is 374 g/mol. The van der Waals surface area contributed by atoms with E-state index in [1.165, 1.54) is 30.4 Å². The molecule has 1 N–H and O–H groups in total. The lowest BCUT2D eigenvalue weighted by atomic mass is 10.3. The van der Waals surface area contributed by atoms with Gasteiger partial charge in [0.2, 0.25) is 5.91 Å². The highest BCUT2D eigenvalue weighted by molar-refractivity contribution is 7.92. The van der Waals surface area contributed by atoms with Crippen LogP contribution in [-0.4, -0.2) is 37.4 Å². The van der Waals surface area contributed by atoms with Crippen LogP contribution < -0.4 is 5.32 Å². The number of nitrogens with zero attached hydrogens (tertiary/aromatic N) is 2. The Kier molecular flexibility index (Phi) is 7.28. The number of carbonyl (C=O) groups excluding carboxylic acids is 1. The number of hydrogen-bond acceptors (Lipinski definition) is 7. The molecule has 7 nitrogen and oxygen atoms in total. The van der Waals surface area contributed by atoms with E-state index in [0.717, 1.165) is 12.8 Å². The molecule has 9 heteroatoms. The van der Waals surface area contributed by atoms with Gasteiger partial charge in [-0.2, -0.15) is 0 Å². The summed E-state index contributed by atoms with van der Waals surface area (Å²) in [6, 6.07) is 6.01. The molecule has 1 aromatic heterocycles. The molecule has 0 fully saturated rings. The number of hydrogen-bond donors (Lipinski definition) is 1. The molecule has 26 heavy (non-hydrogen) atoms. The number of carbonyl (C=O) groups is 1. The Labute approximate surface area is 157 Å². The van der Waals surface area contributed by atoms with E-state index in [0.29, 0.717) is 17.3 Å². The van der Waals surface area contributed by atoms with Crippen molar-refractivity contribution >= 4 is 38.5 Å². The van der Waals surface area contributed by atoms with E-state index in [4.69, 9.17) is 4.84 Å². The van der Waals surface area contributed by atoms with Crippen LogP contribution in [0.1, 0.15) is 31.7 Å². The average molecular weight is 396 g/mol. The Morgan fingerprint density at radius 2 is 2.04 bits per heavy atom. The SMILES string of the molecule is CCCCO/N=C(/CS(=O)(=O)c1ccc(NC(C)=O)cc1)c1nccs1. The smallest absolute Gasteiger partial charge is 0.221 e. The topological polar surface area (TPSA) is 97.7 Å². The maximum absolute atomic E-state index is 12.7. The summed E-state index contributed by atoms with van der Waals surface area (Å²) in [5, 5.41) is 8.87. The molecule has 0 aliphatic rings. The van der Waals surface area contributed by atoms with Crippen LogP contribution in [0.4, 0.5) is 5.69 Å². The van der Waals surface area contributed by atoms with E-state index in [9.17, 15) is 13.2 Å². The molecule has 0 radical (unpaired) electrons. The highest BCUT2D eigenvalue weighted by Crippen LogP contribution is 2.18. The van der Waals surface area contributed by atoms with Gasteiger partial charge in [0.1, 0.15) is 23.1 Å². The minimum Gasteiger partial charge on any atom is -0.395 e. The van der Waals surface area contributed by atoms with Crippen molar-refractivity contribution in [3.8, 4) is 0 Å². The van der Waals surface area contributed by atoms with Crippen molar-refractivity contribution < 1.29 is 18.0 Å². The standard InChI is InChI=1S/C17H21N3O4S2/c1-3-4-10-24-20-16(17-18-9-11-25-17)12-26(22,23)15-7-5-14(6-8-15)19-13(2)21/h5-9,11H,3-4,10,12H2,1-2H3,(H,19,21)/b20-16-. The fourth-order valence-corrected chi connectivity index (χ4v) is 4.01. The van der Waals surface area contributed by atoms with Crippen molar-refractivity contribution in [3.63, 3.8) is 0 Å². The summed E-state index contributed by atoms with van der Waals surface area (Å²) < 4.78 is 25.4. The molecule has 0 saturated heterocycles. The van der Waals surface area contributed by atoms with Crippen molar-refractivity contribution in [2.45, 2.75) is 31.6 Å². The number of amides is 1. The lowest BCUT2D eigenvalue weighted by Crippen LogP contribution is -2.18. The quantitative estimate of drug-likeness (QED) is 0.400. The molecule has 2 aromatic rings. The Balaban J connectivity index is 2.18. The number of unbranched alkanes of at least 4 members (excludes halogenated alkanes) is 1. The van der Waals surface area contributed by atoms with Crippen LogP contribution in [0.25, 0.3) is 0 Å². The Morgan fingerprint density at radius 3 is 2.62 bits per heavy atom. The van der Waals surface area contributed by atoms with E-state index >= 15 is 0 Å². The summed E-state index contributed by atoms with van der Waals surface area (Å²) in [5.41, 5.74) is 0.815. The average Bonchev–Trinajstić information content (AvgIpc) is 3.12. The largest absolute Gasteiger partial charge is 0.395 e. The van der Waals surface area contributed by atoms with Gasteiger partial charge >= 0.3 is 0 Å². The summed E-state index contributed by atoms with van der Waals surface area (Å²) in [7, 11) is -3.63. The molecule has 0 atom stereocenters. The number of anilines is 1. The van der Waals surface area contributed by atoms with Gasteiger partial charge in [0.05, 0.1) is 4.90 Å². The van der Waals surface area contributed by atoms with Crippen LogP contribution in [-0.2, 0) is 19.5 Å². The second kappa shape index (κ2) is 9.44. The first kappa shape index (κ1) is 20.1. The van der Waals surface area contributed by atoms with Crippen LogP contribution >= 0.6 is 11.3 Å². The molecule has 0 bridgehead atoms. The van der Waals surface area contributed by atoms with Crippen LogP contribution in [0.2, 0.25) is 0 Å². The highest BCUT2D eigenvalue weighted by Gasteiger charge is 2.21. The van der Waals surface area contributed by atoms with Gasteiger partial charge < -0.3 is 10.2 Å². The minimum absolute atomic E-state index is 0.143. The number of oxime groups is 1. The Hall–Kier alpha value is -2.26. The minimum atomic E-state index is -3.63. The first-order valence-electron chi connectivity index (χ1n) is 8.11. The fraction of sp³-hybridized carbons (Fsp3) is 0.353. The molecule has 1 heterocycles. The van der Waals surface area contributed by atoms with Gasteiger partial charge in [-0.05, 0) is 30.7 Å². The highest BCUT2D eigenvalue weighted by atomic mass is 32.2. The zero-order valence-electron chi connectivity index (χ0n) is 14.6. The Bertz CT molecular complexity index is 845. The van der Waals surface area contributed by atoms with Gasteiger partial charge in [-0.25, -0.2) is 13.4 Å². The summed E-state index contributed by atoms with van der Waals surface area (Å²) in [6.45, 7) is 3.85. The summed E-state index contributed by atoms with van der Waals surface area (Å²) in [4.78, 5) is 20.6. The number of aromatic nitrogens is 1. The second-order valence-electron chi connectivity index (χ2n) is 5.53. The lowest BCUT2D eigenvalue weighted by molar-refractivity contribution is -0.114. The Morgan fingerprint density at radius 1 is 1.31 bits per heavy atom. The number of rotatable bonds is 9. The number of thiazole rings is 1. The second-order valence-corrected chi connectivity index (χ2v) is 8.41. The van der Waals surface area contributed by atoms with Gasteiger partial charge in [0.25, 0.3) is 0 Å². The van der Waals surface area contributed by atoms with E-state index in [1.54, 1.807) is 23.7 Å². The van der Waals surface area contributed by atoms with Gasteiger partial charge in [0.15, 0.2) is 9.84 Å². The lowest BCUT2D eigenvalue weighted by Gasteiger charge is -2.08. The third kappa shape index (κ3) is 5.92. The van der Waals surface area contributed by atoms with Gasteiger partial charge in [-0.3, -0.25) is 4.79 Å². The molecule has 1 amide bonds. The van der Waals surface area contributed by atoms with Crippen LogP contribution in [0, 0.1) is 0 Å². The predicted octanol–water partition coefficient (Wildman–Crippen LogP) is 3.10. The third-order valence-corrected chi connectivity index (χ3v) is 5.77. The number of sulfone groups is 1. The normalized spacial score (nSPS) is 12.0. The van der Waals surface area contributed by atoms with Crippen molar-refractivity contribution in [3.05, 3.63) is 40.8 Å². The maximum atomic E-state index is 12.7. The molecule has 1 aromatic carbocycles. The molecule has 0 aliphatic heterocycles. The molecule has 0 aliphatic carbocycles. The molecular formula is C17H21N3O4S2. The van der Waals surface area contributed by atoms with E-state index in [2.05, 4.69) is 15.5 Å². The van der Waals surface area contributed by atoms with Crippen molar-refractivity contribution in [1.82, 2.24) is 4.98 Å². The third-order valence-electron chi connectivity index (χ3n) is 3.30. The summed E-state index contributed by atoms with van der Waals surface area (Å²) >= 11 is 1.31. The molecule has 140 valence electrons. The zero-order chi connectivity index (χ0) is 19.0. The first-order valence-corrected chi connectivity index (χ1v) is 10.6.